The van der Waals surface area contributed by atoms with Crippen molar-refractivity contribution in [1.82, 2.24) is 10.2 Å². The second-order valence-electron chi connectivity index (χ2n) is 5.97. The molecule has 0 unspecified atom stereocenters. The molecule has 0 radical (unpaired) electrons. The van der Waals surface area contributed by atoms with Gasteiger partial charge in [0, 0.05) is 10.5 Å². The summed E-state index contributed by atoms with van der Waals surface area (Å²) in [5.41, 5.74) is 3.17. The quantitative estimate of drug-likeness (QED) is 0.547. The Bertz CT molecular complexity index is 914. The summed E-state index contributed by atoms with van der Waals surface area (Å²) in [5, 5.41) is 8.33. The average Bonchev–Trinajstić information content (AvgIpc) is 3.16. The van der Waals surface area contributed by atoms with E-state index in [0.29, 0.717) is 40.3 Å². The molecule has 0 bridgehead atoms. The third-order valence-electron chi connectivity index (χ3n) is 4.07. The van der Waals surface area contributed by atoms with E-state index in [-0.39, 0.29) is 0 Å². The largest absolute Gasteiger partial charge is 0.493 e. The highest BCUT2D eigenvalue weighted by Crippen LogP contribution is 2.41. The third-order valence-corrected chi connectivity index (χ3v) is 5.22. The van der Waals surface area contributed by atoms with Crippen molar-refractivity contribution in [1.29, 1.82) is 0 Å². The fraction of sp³-hybridized carbons (Fsp3) is 0.300. The number of benzene rings is 2. The van der Waals surface area contributed by atoms with E-state index in [0.717, 1.165) is 0 Å². The van der Waals surface area contributed by atoms with E-state index >= 15 is 0 Å². The van der Waals surface area contributed by atoms with E-state index in [1.54, 1.807) is 45.2 Å². The molecule has 6 nitrogen and oxygen atoms in total. The normalized spacial score (nSPS) is 10.7. The zero-order valence-corrected chi connectivity index (χ0v) is 16.8. The lowest BCUT2D eigenvalue weighted by molar-refractivity contribution is 0.324. The van der Waals surface area contributed by atoms with Gasteiger partial charge in [0.25, 0.3) is 0 Å². The van der Waals surface area contributed by atoms with Gasteiger partial charge in [-0.25, -0.2) is 0 Å². The first kappa shape index (κ1) is 19.1. The minimum atomic E-state index is 0.408. The Hall–Kier alpha value is -2.67. The van der Waals surface area contributed by atoms with Crippen LogP contribution < -0.4 is 14.2 Å². The van der Waals surface area contributed by atoms with Gasteiger partial charge in [-0.1, -0.05) is 17.7 Å². The molecule has 0 aliphatic carbocycles. The number of ether oxygens (including phenoxy) is 3. The highest BCUT2D eigenvalue weighted by atomic mass is 32.2. The number of hydrogen-bond acceptors (Lipinski definition) is 7. The van der Waals surface area contributed by atoms with Crippen molar-refractivity contribution < 1.29 is 18.6 Å². The summed E-state index contributed by atoms with van der Waals surface area (Å²) in [6, 6.07) is 9.96. The van der Waals surface area contributed by atoms with E-state index in [1.165, 1.54) is 16.0 Å². The minimum absolute atomic E-state index is 0.408. The van der Waals surface area contributed by atoms with Crippen molar-refractivity contribution in [2.24, 2.45) is 0 Å². The molecule has 0 saturated carbocycles. The van der Waals surface area contributed by atoms with Gasteiger partial charge in [0.2, 0.25) is 17.5 Å². The van der Waals surface area contributed by atoms with Crippen LogP contribution in [0.4, 0.5) is 0 Å². The highest BCUT2D eigenvalue weighted by molar-refractivity contribution is 7.98. The number of thioether (sulfide) groups is 1. The van der Waals surface area contributed by atoms with Gasteiger partial charge in [-0.15, -0.1) is 22.0 Å². The Morgan fingerprint density at radius 1 is 0.926 bits per heavy atom. The first-order valence-electron chi connectivity index (χ1n) is 8.38. The Morgan fingerprint density at radius 3 is 2.26 bits per heavy atom. The fourth-order valence-corrected chi connectivity index (χ4v) is 3.60. The standard InChI is InChI=1S/C20H22N2O4S/c1-12-6-7-13(2)17(8-12)27-11-18-21-22-20(26-18)14-9-15(23-3)19(25-5)16(10-14)24-4/h6-10H,11H2,1-5H3. The van der Waals surface area contributed by atoms with Crippen molar-refractivity contribution >= 4 is 11.8 Å². The van der Waals surface area contributed by atoms with E-state index in [2.05, 4.69) is 42.2 Å². The summed E-state index contributed by atoms with van der Waals surface area (Å²) in [5.74, 6) is 3.17. The number of nitrogens with zero attached hydrogens (tertiary/aromatic N) is 2. The molecule has 0 amide bonds. The molecule has 27 heavy (non-hydrogen) atoms. The van der Waals surface area contributed by atoms with Crippen molar-refractivity contribution in [3.05, 3.63) is 47.3 Å². The van der Waals surface area contributed by atoms with Crippen molar-refractivity contribution in [2.45, 2.75) is 24.5 Å². The molecule has 0 atom stereocenters. The molecule has 0 aliphatic rings. The SMILES string of the molecule is COc1cc(-c2nnc(CSc3cc(C)ccc3C)o2)cc(OC)c1OC. The topological polar surface area (TPSA) is 66.6 Å². The van der Waals surface area contributed by atoms with Gasteiger partial charge in [0.15, 0.2) is 11.5 Å². The van der Waals surface area contributed by atoms with Gasteiger partial charge >= 0.3 is 0 Å². The monoisotopic (exact) mass is 386 g/mol. The van der Waals surface area contributed by atoms with E-state index in [1.807, 2.05) is 0 Å². The molecule has 3 rings (SSSR count). The number of methoxy groups -OCH3 is 3. The van der Waals surface area contributed by atoms with Crippen LogP contribution in [0.15, 0.2) is 39.6 Å². The Balaban J connectivity index is 1.82. The fourth-order valence-electron chi connectivity index (χ4n) is 2.64. The molecular weight excluding hydrogens is 364 g/mol. The van der Waals surface area contributed by atoms with Gasteiger partial charge in [-0.05, 0) is 37.6 Å². The molecule has 7 heteroatoms. The molecule has 2 aromatic carbocycles. The maximum Gasteiger partial charge on any atom is 0.248 e. The average molecular weight is 386 g/mol. The van der Waals surface area contributed by atoms with Crippen LogP contribution in [0.5, 0.6) is 17.2 Å². The van der Waals surface area contributed by atoms with Crippen molar-refractivity contribution in [2.75, 3.05) is 21.3 Å². The molecule has 1 heterocycles. The number of hydrogen-bond donors (Lipinski definition) is 0. The van der Waals surface area contributed by atoms with Crippen LogP contribution in [0.2, 0.25) is 0 Å². The first-order valence-corrected chi connectivity index (χ1v) is 9.37. The lowest BCUT2D eigenvalue weighted by Crippen LogP contribution is -1.95. The van der Waals surface area contributed by atoms with Gasteiger partial charge < -0.3 is 18.6 Å². The molecule has 1 aromatic heterocycles. The van der Waals surface area contributed by atoms with Crippen LogP contribution in [0.3, 0.4) is 0 Å². The molecule has 0 saturated heterocycles. The summed E-state index contributed by atoms with van der Waals surface area (Å²) in [7, 11) is 4.71. The summed E-state index contributed by atoms with van der Waals surface area (Å²) < 4.78 is 21.9. The minimum Gasteiger partial charge on any atom is -0.493 e. The lowest BCUT2D eigenvalue weighted by atomic mass is 10.2. The highest BCUT2D eigenvalue weighted by Gasteiger charge is 2.17. The Morgan fingerprint density at radius 2 is 1.63 bits per heavy atom. The van der Waals surface area contributed by atoms with Gasteiger partial charge in [0.1, 0.15) is 0 Å². The van der Waals surface area contributed by atoms with Crippen LogP contribution in [0, 0.1) is 13.8 Å². The second kappa shape index (κ2) is 8.35. The number of aromatic nitrogens is 2. The van der Waals surface area contributed by atoms with E-state index in [9.17, 15) is 0 Å². The smallest absolute Gasteiger partial charge is 0.248 e. The Labute approximate surface area is 162 Å². The Kier molecular flexibility index (Phi) is 5.91. The van der Waals surface area contributed by atoms with Crippen LogP contribution in [0.1, 0.15) is 17.0 Å². The third kappa shape index (κ3) is 4.19. The van der Waals surface area contributed by atoms with Crippen LogP contribution >= 0.6 is 11.8 Å². The molecule has 0 N–H and O–H groups in total. The molecular formula is C20H22N2O4S. The van der Waals surface area contributed by atoms with Gasteiger partial charge in [-0.3, -0.25) is 0 Å². The maximum absolute atomic E-state index is 5.84. The van der Waals surface area contributed by atoms with E-state index in [4.69, 9.17) is 18.6 Å². The zero-order chi connectivity index (χ0) is 19.4. The number of rotatable bonds is 7. The summed E-state index contributed by atoms with van der Waals surface area (Å²) in [6.45, 7) is 4.18. The number of aryl methyl sites for hydroxylation is 2. The molecule has 142 valence electrons. The second-order valence-corrected chi connectivity index (χ2v) is 6.99. The summed E-state index contributed by atoms with van der Waals surface area (Å²) in [6.07, 6.45) is 0. The van der Waals surface area contributed by atoms with Gasteiger partial charge in [-0.2, -0.15) is 0 Å². The predicted molar refractivity (Wildman–Crippen MR) is 105 cm³/mol. The molecule has 0 spiro atoms. The van der Waals surface area contributed by atoms with Gasteiger partial charge in [0.05, 0.1) is 27.1 Å². The van der Waals surface area contributed by atoms with Crippen molar-refractivity contribution in [3.63, 3.8) is 0 Å². The van der Waals surface area contributed by atoms with Crippen LogP contribution in [-0.4, -0.2) is 31.5 Å². The molecule has 3 aromatic rings. The molecule has 0 fully saturated rings. The lowest BCUT2D eigenvalue weighted by Gasteiger charge is -2.12. The zero-order valence-electron chi connectivity index (χ0n) is 16.0. The molecule has 0 aliphatic heterocycles. The van der Waals surface area contributed by atoms with E-state index < -0.39 is 0 Å². The first-order chi connectivity index (χ1) is 13.0. The van der Waals surface area contributed by atoms with Crippen LogP contribution in [0.25, 0.3) is 11.5 Å². The maximum atomic E-state index is 5.84. The summed E-state index contributed by atoms with van der Waals surface area (Å²) >= 11 is 1.68. The summed E-state index contributed by atoms with van der Waals surface area (Å²) in [4.78, 5) is 1.21. The van der Waals surface area contributed by atoms with Crippen LogP contribution in [-0.2, 0) is 5.75 Å². The predicted octanol–water partition coefficient (Wildman–Crippen LogP) is 4.67. The van der Waals surface area contributed by atoms with Crippen molar-refractivity contribution in [3.8, 4) is 28.7 Å².